The number of amides is 1. The van der Waals surface area contributed by atoms with Crippen LogP contribution in [-0.4, -0.2) is 54.3 Å². The van der Waals surface area contributed by atoms with E-state index in [0.717, 1.165) is 18.4 Å². The first-order valence-corrected chi connectivity index (χ1v) is 12.2. The minimum Gasteiger partial charge on any atom is -0.345 e. The standard InChI is InChI=1S/C21H25N3O4S2/c1-16(25)19(13-17-7-3-2-4-8-17)23-20(26)15-29-21-10-9-18(14-22-21)30(27,28)24-11-5-6-12-24/h2-4,7-10,14,19H,5-6,11-13,15H2,1H3,(H,23,26)/t19-/m1/s1. The molecule has 0 bridgehead atoms. The molecule has 30 heavy (non-hydrogen) atoms. The van der Waals surface area contributed by atoms with Crippen LogP contribution in [0.25, 0.3) is 0 Å². The first-order valence-electron chi connectivity index (χ1n) is 9.79. The van der Waals surface area contributed by atoms with E-state index in [-0.39, 0.29) is 22.3 Å². The molecule has 0 radical (unpaired) electrons. The van der Waals surface area contributed by atoms with Gasteiger partial charge >= 0.3 is 0 Å². The molecule has 0 spiro atoms. The molecule has 0 unspecified atom stereocenters. The van der Waals surface area contributed by atoms with Crippen molar-refractivity contribution in [1.82, 2.24) is 14.6 Å². The van der Waals surface area contributed by atoms with Crippen molar-refractivity contribution < 1.29 is 18.0 Å². The van der Waals surface area contributed by atoms with E-state index in [1.807, 2.05) is 30.3 Å². The Bertz CT molecular complexity index is 973. The number of Topliss-reactive ketones (excluding diaryl/α,β-unsaturated/α-hetero) is 1. The van der Waals surface area contributed by atoms with Gasteiger partial charge in [0.25, 0.3) is 0 Å². The average Bonchev–Trinajstić information content (AvgIpc) is 3.29. The topological polar surface area (TPSA) is 96.4 Å². The van der Waals surface area contributed by atoms with Crippen molar-refractivity contribution in [2.45, 2.75) is 42.1 Å². The van der Waals surface area contributed by atoms with Gasteiger partial charge in [-0.1, -0.05) is 42.1 Å². The van der Waals surface area contributed by atoms with Gasteiger partial charge in [0.15, 0.2) is 5.78 Å². The number of sulfonamides is 1. The van der Waals surface area contributed by atoms with Crippen LogP contribution in [0.2, 0.25) is 0 Å². The van der Waals surface area contributed by atoms with Crippen LogP contribution in [0.3, 0.4) is 0 Å². The third kappa shape index (κ3) is 5.90. The summed E-state index contributed by atoms with van der Waals surface area (Å²) in [5.74, 6) is -0.289. The molecule has 160 valence electrons. The summed E-state index contributed by atoms with van der Waals surface area (Å²) in [5, 5.41) is 3.32. The van der Waals surface area contributed by atoms with Crippen LogP contribution in [-0.2, 0) is 26.0 Å². The van der Waals surface area contributed by atoms with Gasteiger partial charge in [-0.15, -0.1) is 0 Å². The fourth-order valence-corrected chi connectivity index (χ4v) is 5.32. The first-order chi connectivity index (χ1) is 14.4. The van der Waals surface area contributed by atoms with E-state index in [1.165, 1.54) is 35.3 Å². The highest BCUT2D eigenvalue weighted by atomic mass is 32.2. The summed E-state index contributed by atoms with van der Waals surface area (Å²) >= 11 is 1.20. The number of pyridine rings is 1. The highest BCUT2D eigenvalue weighted by Crippen LogP contribution is 2.22. The van der Waals surface area contributed by atoms with Crippen LogP contribution in [0.15, 0.2) is 58.6 Å². The highest BCUT2D eigenvalue weighted by Gasteiger charge is 2.27. The lowest BCUT2D eigenvalue weighted by Crippen LogP contribution is -2.42. The normalized spacial score (nSPS) is 15.6. The average molecular weight is 448 g/mol. The van der Waals surface area contributed by atoms with Crippen LogP contribution in [0.1, 0.15) is 25.3 Å². The van der Waals surface area contributed by atoms with Gasteiger partial charge in [-0.05, 0) is 43.9 Å². The molecule has 1 aliphatic rings. The van der Waals surface area contributed by atoms with E-state index in [0.29, 0.717) is 24.5 Å². The van der Waals surface area contributed by atoms with E-state index in [1.54, 1.807) is 6.07 Å². The van der Waals surface area contributed by atoms with Gasteiger partial charge in [0, 0.05) is 19.3 Å². The first kappa shape index (κ1) is 22.5. The molecule has 0 saturated carbocycles. The summed E-state index contributed by atoms with van der Waals surface area (Å²) in [4.78, 5) is 28.6. The third-order valence-corrected chi connectivity index (χ3v) is 7.70. The Kier molecular flexibility index (Phi) is 7.63. The lowest BCUT2D eigenvalue weighted by Gasteiger charge is -2.16. The molecule has 1 amide bonds. The maximum atomic E-state index is 12.5. The highest BCUT2D eigenvalue weighted by molar-refractivity contribution is 7.99. The summed E-state index contributed by atoms with van der Waals surface area (Å²) in [6, 6.07) is 12.1. The zero-order valence-electron chi connectivity index (χ0n) is 16.8. The van der Waals surface area contributed by atoms with Gasteiger partial charge in [-0.3, -0.25) is 9.59 Å². The fourth-order valence-electron chi connectivity index (χ4n) is 3.20. The van der Waals surface area contributed by atoms with Gasteiger partial charge in [0.05, 0.1) is 16.8 Å². The Morgan fingerprint density at radius 3 is 2.43 bits per heavy atom. The van der Waals surface area contributed by atoms with Gasteiger partial charge in [0.1, 0.15) is 4.90 Å². The quantitative estimate of drug-likeness (QED) is 0.593. The molecule has 1 N–H and O–H groups in total. The van der Waals surface area contributed by atoms with Gasteiger partial charge in [-0.25, -0.2) is 13.4 Å². The van der Waals surface area contributed by atoms with E-state index < -0.39 is 16.1 Å². The maximum Gasteiger partial charge on any atom is 0.244 e. The number of hydrogen-bond acceptors (Lipinski definition) is 6. The molecule has 1 aromatic carbocycles. The second-order valence-electron chi connectivity index (χ2n) is 7.15. The summed E-state index contributed by atoms with van der Waals surface area (Å²) in [6.45, 7) is 2.54. The minimum absolute atomic E-state index is 0.0871. The van der Waals surface area contributed by atoms with Crippen LogP contribution in [0.4, 0.5) is 0 Å². The number of carbonyl (C=O) groups excluding carboxylic acids is 2. The minimum atomic E-state index is -3.50. The van der Waals surface area contributed by atoms with Crippen molar-refractivity contribution in [3.05, 3.63) is 54.2 Å². The number of thioether (sulfide) groups is 1. The maximum absolute atomic E-state index is 12.5. The molecule has 0 aliphatic carbocycles. The van der Waals surface area contributed by atoms with Crippen molar-refractivity contribution in [2.24, 2.45) is 0 Å². The summed E-state index contributed by atoms with van der Waals surface area (Å²) in [5.41, 5.74) is 0.974. The monoisotopic (exact) mass is 447 g/mol. The molecular formula is C21H25N3O4S2. The second-order valence-corrected chi connectivity index (χ2v) is 10.1. The van der Waals surface area contributed by atoms with Gasteiger partial charge in [-0.2, -0.15) is 4.31 Å². The van der Waals surface area contributed by atoms with Crippen molar-refractivity contribution in [3.63, 3.8) is 0 Å². The van der Waals surface area contributed by atoms with Crippen LogP contribution < -0.4 is 5.32 Å². The molecule has 1 atom stereocenters. The van der Waals surface area contributed by atoms with Crippen LogP contribution in [0.5, 0.6) is 0 Å². The Morgan fingerprint density at radius 2 is 1.83 bits per heavy atom. The Balaban J connectivity index is 1.54. The largest absolute Gasteiger partial charge is 0.345 e. The zero-order chi connectivity index (χ0) is 21.6. The number of nitrogens with one attached hydrogen (secondary N) is 1. The summed E-state index contributed by atoms with van der Waals surface area (Å²) in [7, 11) is -3.50. The molecule has 7 nitrogen and oxygen atoms in total. The Labute approximate surface area is 181 Å². The zero-order valence-corrected chi connectivity index (χ0v) is 18.4. The Morgan fingerprint density at radius 1 is 1.13 bits per heavy atom. The van der Waals surface area contributed by atoms with Crippen molar-refractivity contribution in [3.8, 4) is 0 Å². The molecule has 1 aliphatic heterocycles. The Hall–Kier alpha value is -2.23. The number of benzene rings is 1. The molecule has 3 rings (SSSR count). The van der Waals surface area contributed by atoms with Gasteiger partial charge < -0.3 is 5.32 Å². The third-order valence-electron chi connectivity index (χ3n) is 4.87. The van der Waals surface area contributed by atoms with Crippen molar-refractivity contribution in [1.29, 1.82) is 0 Å². The fraction of sp³-hybridized carbons (Fsp3) is 0.381. The second kappa shape index (κ2) is 10.2. The molecular weight excluding hydrogens is 422 g/mol. The predicted octanol–water partition coefficient (Wildman–Crippen LogP) is 2.27. The van der Waals surface area contributed by atoms with Crippen molar-refractivity contribution in [2.75, 3.05) is 18.8 Å². The number of hydrogen-bond donors (Lipinski definition) is 1. The lowest BCUT2D eigenvalue weighted by molar-refractivity contribution is -0.125. The number of aromatic nitrogens is 1. The predicted molar refractivity (Wildman–Crippen MR) is 116 cm³/mol. The lowest BCUT2D eigenvalue weighted by atomic mass is 10.0. The van der Waals surface area contributed by atoms with Crippen molar-refractivity contribution >= 4 is 33.5 Å². The molecule has 1 aromatic heterocycles. The van der Waals surface area contributed by atoms with E-state index in [4.69, 9.17) is 0 Å². The molecule has 2 aromatic rings. The number of ketones is 1. The molecule has 2 heterocycles. The number of nitrogens with zero attached hydrogens (tertiary/aromatic N) is 2. The smallest absolute Gasteiger partial charge is 0.244 e. The van der Waals surface area contributed by atoms with E-state index in [9.17, 15) is 18.0 Å². The summed E-state index contributed by atoms with van der Waals surface area (Å²) < 4.78 is 26.5. The van der Waals surface area contributed by atoms with E-state index in [2.05, 4.69) is 10.3 Å². The van der Waals surface area contributed by atoms with E-state index >= 15 is 0 Å². The summed E-state index contributed by atoms with van der Waals surface area (Å²) in [6.07, 6.45) is 3.53. The molecule has 1 fully saturated rings. The number of carbonyl (C=O) groups is 2. The molecule has 9 heteroatoms. The molecule has 1 saturated heterocycles. The number of rotatable bonds is 9. The van der Waals surface area contributed by atoms with Crippen LogP contribution in [0, 0.1) is 0 Å². The van der Waals surface area contributed by atoms with Crippen LogP contribution >= 0.6 is 11.8 Å². The van der Waals surface area contributed by atoms with Gasteiger partial charge in [0.2, 0.25) is 15.9 Å². The SMILES string of the molecule is CC(=O)[C@@H](Cc1ccccc1)NC(=O)CSc1ccc(S(=O)(=O)N2CCCC2)cn1.